The summed E-state index contributed by atoms with van der Waals surface area (Å²) in [5.74, 6) is -1.37. The average molecular weight is 361 g/mol. The molecule has 0 spiro atoms. The zero-order chi connectivity index (χ0) is 18.8. The molecule has 0 amide bonds. The highest BCUT2D eigenvalue weighted by atomic mass is 35.5. The van der Waals surface area contributed by atoms with E-state index >= 15 is 0 Å². The van der Waals surface area contributed by atoms with Crippen molar-refractivity contribution in [1.29, 1.82) is 0 Å². The molecule has 4 nitrogen and oxygen atoms in total. The number of ether oxygens (including phenoxy) is 1. The molecule has 1 N–H and O–H groups in total. The van der Waals surface area contributed by atoms with Crippen molar-refractivity contribution < 1.29 is 19.4 Å². The third-order valence-electron chi connectivity index (χ3n) is 3.87. The fourth-order valence-corrected chi connectivity index (χ4v) is 2.49. The Kier molecular flexibility index (Phi) is 5.53. The van der Waals surface area contributed by atoms with Crippen molar-refractivity contribution >= 4 is 23.4 Å². The number of ketones is 1. The first-order valence-corrected chi connectivity index (χ1v) is 8.31. The molecule has 5 heteroatoms. The zero-order valence-corrected chi connectivity index (χ0v) is 15.4. The molecule has 0 unspecified atom stereocenters. The summed E-state index contributed by atoms with van der Waals surface area (Å²) >= 11 is 5.74. The lowest BCUT2D eigenvalue weighted by atomic mass is 9.86. The lowest BCUT2D eigenvalue weighted by Crippen LogP contribution is -2.24. The largest absolute Gasteiger partial charge is 0.507 e. The second-order valence-corrected chi connectivity index (χ2v) is 7.34. The Morgan fingerprint density at radius 1 is 1.08 bits per heavy atom. The maximum Gasteiger partial charge on any atom is 0.342 e. The summed E-state index contributed by atoms with van der Waals surface area (Å²) in [7, 11) is 0. The van der Waals surface area contributed by atoms with Crippen molar-refractivity contribution in [2.45, 2.75) is 39.2 Å². The van der Waals surface area contributed by atoms with Gasteiger partial charge in [-0.1, -0.05) is 56.6 Å². The summed E-state index contributed by atoms with van der Waals surface area (Å²) in [6.45, 7) is 7.78. The van der Waals surface area contributed by atoms with Crippen molar-refractivity contribution in [3.8, 4) is 5.75 Å². The number of halogens is 1. The third kappa shape index (κ3) is 4.60. The fraction of sp³-hybridized carbons (Fsp3) is 0.300. The molecule has 0 aliphatic heterocycles. The SMILES string of the molecule is C[C@H](OC(=O)c1ccc(Cl)cc1O)C(=O)c1ccc(C(C)(C)C)cc1. The molecule has 25 heavy (non-hydrogen) atoms. The van der Waals surface area contributed by atoms with Crippen LogP contribution in [0.4, 0.5) is 0 Å². The summed E-state index contributed by atoms with van der Waals surface area (Å²) in [6, 6.07) is 11.3. The van der Waals surface area contributed by atoms with E-state index in [-0.39, 0.29) is 22.5 Å². The molecular formula is C20H21ClO4. The third-order valence-corrected chi connectivity index (χ3v) is 4.10. The van der Waals surface area contributed by atoms with E-state index in [1.54, 1.807) is 12.1 Å². The van der Waals surface area contributed by atoms with Crippen LogP contribution in [-0.2, 0) is 10.2 Å². The van der Waals surface area contributed by atoms with E-state index in [2.05, 4.69) is 20.8 Å². The van der Waals surface area contributed by atoms with E-state index in [4.69, 9.17) is 16.3 Å². The standard InChI is InChI=1S/C20H21ClO4/c1-12(25-19(24)16-10-9-15(21)11-17(16)22)18(23)13-5-7-14(8-6-13)20(2,3)4/h5-12,22H,1-4H3/t12-/m0/s1. The van der Waals surface area contributed by atoms with Crippen LogP contribution in [0.3, 0.4) is 0 Å². The monoisotopic (exact) mass is 360 g/mol. The van der Waals surface area contributed by atoms with Gasteiger partial charge in [-0.25, -0.2) is 4.79 Å². The molecule has 0 fully saturated rings. The highest BCUT2D eigenvalue weighted by Gasteiger charge is 2.23. The number of phenols is 1. The Hall–Kier alpha value is -2.33. The van der Waals surface area contributed by atoms with E-state index in [1.165, 1.54) is 25.1 Å². The number of esters is 1. The van der Waals surface area contributed by atoms with Crippen LogP contribution in [0.1, 0.15) is 54.0 Å². The fourth-order valence-electron chi connectivity index (χ4n) is 2.32. The van der Waals surface area contributed by atoms with Crippen LogP contribution >= 0.6 is 11.6 Å². The first-order chi connectivity index (χ1) is 11.6. The van der Waals surface area contributed by atoms with E-state index < -0.39 is 12.1 Å². The number of Topliss-reactive ketones (excluding diaryl/α,β-unsaturated/α-hetero) is 1. The van der Waals surface area contributed by atoms with Gasteiger partial charge in [0, 0.05) is 10.6 Å². The number of phenolic OH excluding ortho intramolecular Hbond substituents is 1. The highest BCUT2D eigenvalue weighted by Crippen LogP contribution is 2.24. The minimum Gasteiger partial charge on any atom is -0.507 e. The predicted octanol–water partition coefficient (Wildman–Crippen LogP) is 4.77. The van der Waals surface area contributed by atoms with Crippen molar-refractivity contribution in [3.05, 3.63) is 64.2 Å². The van der Waals surface area contributed by atoms with Crippen LogP contribution in [0, 0.1) is 0 Å². The maximum atomic E-state index is 12.5. The molecule has 2 rings (SSSR count). The topological polar surface area (TPSA) is 63.6 Å². The van der Waals surface area contributed by atoms with Gasteiger partial charge >= 0.3 is 5.97 Å². The van der Waals surface area contributed by atoms with Gasteiger partial charge in [-0.05, 0) is 36.1 Å². The normalized spacial score (nSPS) is 12.5. The van der Waals surface area contributed by atoms with E-state index in [1.807, 2.05) is 12.1 Å². The summed E-state index contributed by atoms with van der Waals surface area (Å²) in [5, 5.41) is 10.1. The Balaban J connectivity index is 2.10. The summed E-state index contributed by atoms with van der Waals surface area (Å²) in [4.78, 5) is 24.6. The van der Waals surface area contributed by atoms with Gasteiger partial charge in [0.15, 0.2) is 6.10 Å². The Bertz CT molecular complexity index is 788. The molecule has 2 aromatic carbocycles. The molecule has 0 aliphatic carbocycles. The van der Waals surface area contributed by atoms with E-state index in [0.29, 0.717) is 10.6 Å². The van der Waals surface area contributed by atoms with Crippen molar-refractivity contribution in [1.82, 2.24) is 0 Å². The van der Waals surface area contributed by atoms with Gasteiger partial charge in [-0.15, -0.1) is 0 Å². The van der Waals surface area contributed by atoms with Gasteiger partial charge in [-0.2, -0.15) is 0 Å². The molecule has 0 heterocycles. The molecule has 132 valence electrons. The van der Waals surface area contributed by atoms with Crippen LogP contribution in [0.15, 0.2) is 42.5 Å². The van der Waals surface area contributed by atoms with Gasteiger partial charge in [-0.3, -0.25) is 4.79 Å². The first-order valence-electron chi connectivity index (χ1n) is 7.94. The smallest absolute Gasteiger partial charge is 0.342 e. The molecule has 0 bridgehead atoms. The van der Waals surface area contributed by atoms with Gasteiger partial charge in [0.1, 0.15) is 11.3 Å². The van der Waals surface area contributed by atoms with Crippen LogP contribution < -0.4 is 0 Å². The lowest BCUT2D eigenvalue weighted by Gasteiger charge is -2.19. The summed E-state index contributed by atoms with van der Waals surface area (Å²) < 4.78 is 5.18. The first kappa shape index (κ1) is 19.0. The second-order valence-electron chi connectivity index (χ2n) is 6.90. The predicted molar refractivity (Wildman–Crippen MR) is 97.5 cm³/mol. The molecule has 0 aromatic heterocycles. The number of aromatic hydroxyl groups is 1. The van der Waals surface area contributed by atoms with Crippen molar-refractivity contribution in [2.24, 2.45) is 0 Å². The number of hydrogen-bond acceptors (Lipinski definition) is 4. The van der Waals surface area contributed by atoms with Crippen LogP contribution in [0.5, 0.6) is 5.75 Å². The number of hydrogen-bond donors (Lipinski definition) is 1. The molecular weight excluding hydrogens is 340 g/mol. The maximum absolute atomic E-state index is 12.5. The summed E-state index contributed by atoms with van der Waals surface area (Å²) in [5.41, 5.74) is 1.53. The Morgan fingerprint density at radius 2 is 1.68 bits per heavy atom. The van der Waals surface area contributed by atoms with E-state index in [9.17, 15) is 14.7 Å². The Labute approximate surface area is 152 Å². The highest BCUT2D eigenvalue weighted by molar-refractivity contribution is 6.30. The molecule has 0 saturated carbocycles. The second kappa shape index (κ2) is 7.28. The Morgan fingerprint density at radius 3 is 2.20 bits per heavy atom. The van der Waals surface area contributed by atoms with Gasteiger partial charge in [0.25, 0.3) is 0 Å². The molecule has 0 radical (unpaired) electrons. The van der Waals surface area contributed by atoms with E-state index in [0.717, 1.165) is 5.56 Å². The van der Waals surface area contributed by atoms with Gasteiger partial charge in [0.05, 0.1) is 0 Å². The number of rotatable bonds is 4. The number of carbonyl (C=O) groups is 2. The number of benzene rings is 2. The van der Waals surface area contributed by atoms with Crippen molar-refractivity contribution in [2.75, 3.05) is 0 Å². The van der Waals surface area contributed by atoms with Crippen LogP contribution in [0.25, 0.3) is 0 Å². The summed E-state index contributed by atoms with van der Waals surface area (Å²) in [6.07, 6.45) is -0.969. The molecule has 2 aromatic rings. The zero-order valence-electron chi connectivity index (χ0n) is 14.7. The number of carbonyl (C=O) groups excluding carboxylic acids is 2. The van der Waals surface area contributed by atoms with Gasteiger partial charge < -0.3 is 9.84 Å². The van der Waals surface area contributed by atoms with Crippen LogP contribution in [-0.4, -0.2) is 23.0 Å². The minimum atomic E-state index is -0.969. The minimum absolute atomic E-state index is 0.00817. The average Bonchev–Trinajstić information content (AvgIpc) is 2.53. The quantitative estimate of drug-likeness (QED) is 0.630. The van der Waals surface area contributed by atoms with Gasteiger partial charge in [0.2, 0.25) is 5.78 Å². The molecule has 0 saturated heterocycles. The van der Waals surface area contributed by atoms with Crippen molar-refractivity contribution in [3.63, 3.8) is 0 Å². The molecule has 0 aliphatic rings. The molecule has 1 atom stereocenters. The van der Waals surface area contributed by atoms with Crippen LogP contribution in [0.2, 0.25) is 5.02 Å². The lowest BCUT2D eigenvalue weighted by molar-refractivity contribution is 0.0316.